The summed E-state index contributed by atoms with van der Waals surface area (Å²) in [7, 11) is 0. The Morgan fingerprint density at radius 1 is 1.20 bits per heavy atom. The highest BCUT2D eigenvalue weighted by Crippen LogP contribution is 2.40. The highest BCUT2D eigenvalue weighted by Gasteiger charge is 2.33. The molecular formula is C23H27ClN6. The topological polar surface area (TPSA) is 95.3 Å². The second kappa shape index (κ2) is 8.13. The lowest BCUT2D eigenvalue weighted by Gasteiger charge is -2.34. The second-order valence-corrected chi connectivity index (χ2v) is 8.41. The van der Waals surface area contributed by atoms with Gasteiger partial charge in [0.25, 0.3) is 0 Å². The Labute approximate surface area is 182 Å². The normalized spacial score (nSPS) is 22.4. The van der Waals surface area contributed by atoms with Gasteiger partial charge in [-0.2, -0.15) is 0 Å². The second-order valence-electron chi connectivity index (χ2n) is 7.98. The minimum atomic E-state index is -0.307. The van der Waals surface area contributed by atoms with Crippen molar-refractivity contribution in [2.75, 3.05) is 22.1 Å². The molecule has 5 N–H and O–H groups in total. The van der Waals surface area contributed by atoms with Crippen LogP contribution in [0.4, 0.5) is 17.2 Å². The summed E-state index contributed by atoms with van der Waals surface area (Å²) in [6.07, 6.45) is 8.44. The van der Waals surface area contributed by atoms with Crippen LogP contribution in [0, 0.1) is 11.3 Å². The Morgan fingerprint density at radius 3 is 2.60 bits per heavy atom. The molecule has 2 heterocycles. The molecule has 4 rings (SSSR count). The van der Waals surface area contributed by atoms with Gasteiger partial charge in [0, 0.05) is 29.3 Å². The van der Waals surface area contributed by atoms with Crippen molar-refractivity contribution >= 4 is 34.6 Å². The number of nitrogens with two attached hydrogens (primary N) is 2. The molecule has 6 nitrogen and oxygen atoms in total. The first-order valence-corrected chi connectivity index (χ1v) is 10.5. The molecule has 0 saturated heterocycles. The number of benzene rings is 1. The Morgan fingerprint density at radius 2 is 1.97 bits per heavy atom. The molecule has 1 aliphatic carbocycles. The number of hydrogen-bond acceptors (Lipinski definition) is 5. The van der Waals surface area contributed by atoms with Crippen molar-refractivity contribution in [3.05, 3.63) is 59.8 Å². The maximum Gasteiger partial charge on any atom is 0.123 e. The van der Waals surface area contributed by atoms with Crippen molar-refractivity contribution < 1.29 is 0 Å². The van der Waals surface area contributed by atoms with E-state index in [1.807, 2.05) is 36.1 Å². The lowest BCUT2D eigenvalue weighted by molar-refractivity contribution is 0.626. The van der Waals surface area contributed by atoms with E-state index in [1.54, 1.807) is 6.20 Å². The van der Waals surface area contributed by atoms with Gasteiger partial charge >= 0.3 is 0 Å². The molecular weight excluding hydrogens is 396 g/mol. The average molecular weight is 423 g/mol. The van der Waals surface area contributed by atoms with E-state index in [0.29, 0.717) is 11.7 Å². The van der Waals surface area contributed by atoms with Gasteiger partial charge in [0.2, 0.25) is 0 Å². The molecule has 156 valence electrons. The molecule has 1 aromatic heterocycles. The Bertz CT molecular complexity index is 1010. The third kappa shape index (κ3) is 3.80. The van der Waals surface area contributed by atoms with Crippen LogP contribution in [0.25, 0.3) is 11.1 Å². The number of halogens is 1. The lowest BCUT2D eigenvalue weighted by Crippen LogP contribution is -2.46. The van der Waals surface area contributed by atoms with Gasteiger partial charge in [0.05, 0.1) is 23.6 Å². The summed E-state index contributed by atoms with van der Waals surface area (Å²) in [5.41, 5.74) is 16.1. The van der Waals surface area contributed by atoms with Crippen molar-refractivity contribution in [1.82, 2.24) is 4.98 Å². The summed E-state index contributed by atoms with van der Waals surface area (Å²) >= 11 is 6.17. The third-order valence-electron chi connectivity index (χ3n) is 5.70. The fraction of sp³-hybridized carbons (Fsp3) is 0.304. The maximum atomic E-state index is 8.77. The summed E-state index contributed by atoms with van der Waals surface area (Å²) in [4.78, 5) is 8.53. The quantitative estimate of drug-likeness (QED) is 0.684. The number of rotatable bonds is 3. The zero-order chi connectivity index (χ0) is 21.4. The first-order chi connectivity index (χ1) is 14.3. The SMILES string of the molecule is CC(N)N1C(=N)[C@@H](C)CN(C2C=CC(Cl)=CC2)c2cc(-c3ccc(N)nc3)ccc21. The number of hydrogen-bond donors (Lipinski definition) is 3. The zero-order valence-corrected chi connectivity index (χ0v) is 18.0. The first-order valence-electron chi connectivity index (χ1n) is 10.1. The smallest absolute Gasteiger partial charge is 0.123 e. The Balaban J connectivity index is 1.85. The molecule has 2 unspecified atom stereocenters. The molecule has 30 heavy (non-hydrogen) atoms. The summed E-state index contributed by atoms with van der Waals surface area (Å²) in [5.74, 6) is 1.06. The summed E-state index contributed by atoms with van der Waals surface area (Å²) in [6, 6.07) is 10.2. The molecule has 1 aliphatic heterocycles. The number of nitrogens with one attached hydrogen (secondary N) is 1. The van der Waals surface area contributed by atoms with E-state index >= 15 is 0 Å². The Kier molecular flexibility index (Phi) is 5.54. The summed E-state index contributed by atoms with van der Waals surface area (Å²) in [6.45, 7) is 4.72. The van der Waals surface area contributed by atoms with Gasteiger partial charge in [-0.1, -0.05) is 36.7 Å². The number of aromatic nitrogens is 1. The number of anilines is 3. The summed E-state index contributed by atoms with van der Waals surface area (Å²) < 4.78 is 0. The fourth-order valence-corrected chi connectivity index (χ4v) is 4.29. The highest BCUT2D eigenvalue weighted by atomic mass is 35.5. The van der Waals surface area contributed by atoms with Crippen molar-refractivity contribution in [3.8, 4) is 11.1 Å². The number of nitrogen functional groups attached to an aromatic ring is 1. The molecule has 0 bridgehead atoms. The molecule has 0 fully saturated rings. The number of amidine groups is 1. The van der Waals surface area contributed by atoms with Crippen molar-refractivity contribution in [2.45, 2.75) is 32.5 Å². The number of allylic oxidation sites excluding steroid dienone is 2. The van der Waals surface area contributed by atoms with E-state index in [4.69, 9.17) is 28.5 Å². The monoisotopic (exact) mass is 422 g/mol. The van der Waals surface area contributed by atoms with Gasteiger partial charge in [-0.15, -0.1) is 0 Å². The minimum absolute atomic E-state index is 0.0276. The van der Waals surface area contributed by atoms with Gasteiger partial charge in [-0.05, 0) is 49.2 Å². The number of pyridine rings is 1. The average Bonchev–Trinajstić information content (AvgIpc) is 2.83. The van der Waals surface area contributed by atoms with Gasteiger partial charge in [-0.3, -0.25) is 5.41 Å². The van der Waals surface area contributed by atoms with Gasteiger partial charge in [0.15, 0.2) is 0 Å². The highest BCUT2D eigenvalue weighted by molar-refractivity contribution is 6.31. The molecule has 0 saturated carbocycles. The van der Waals surface area contributed by atoms with E-state index in [1.165, 1.54) is 0 Å². The van der Waals surface area contributed by atoms with Gasteiger partial charge in [-0.25, -0.2) is 4.98 Å². The molecule has 0 amide bonds. The Hall–Kier alpha value is -2.83. The molecule has 0 radical (unpaired) electrons. The van der Waals surface area contributed by atoms with Crippen LogP contribution in [-0.4, -0.2) is 29.6 Å². The number of nitrogens with zero attached hydrogens (tertiary/aromatic N) is 3. The zero-order valence-electron chi connectivity index (χ0n) is 17.2. The van der Waals surface area contributed by atoms with Crippen molar-refractivity contribution in [3.63, 3.8) is 0 Å². The van der Waals surface area contributed by atoms with Crippen molar-refractivity contribution in [1.29, 1.82) is 5.41 Å². The van der Waals surface area contributed by atoms with Crippen LogP contribution in [0.2, 0.25) is 0 Å². The van der Waals surface area contributed by atoms with E-state index in [0.717, 1.165) is 40.5 Å². The predicted molar refractivity (Wildman–Crippen MR) is 126 cm³/mol. The standard InChI is InChI=1S/C23H27ClN6/c1-14-13-29(19-7-5-18(24)6-8-19)21-11-16(17-4-10-22(26)28-12-17)3-9-20(21)30(15(2)25)23(14)27/h3-7,9-12,14-15,19,27H,8,13,25H2,1-2H3,(H2,26,28)/t14-,15?,19?/m0/s1. The predicted octanol–water partition coefficient (Wildman–Crippen LogP) is 4.33. The van der Waals surface area contributed by atoms with Crippen LogP contribution in [0.15, 0.2) is 59.8 Å². The van der Waals surface area contributed by atoms with Crippen molar-refractivity contribution in [2.24, 2.45) is 11.7 Å². The summed E-state index contributed by atoms with van der Waals surface area (Å²) in [5, 5.41) is 9.54. The molecule has 3 atom stereocenters. The van der Waals surface area contributed by atoms with E-state index < -0.39 is 0 Å². The van der Waals surface area contributed by atoms with Gasteiger partial charge in [0.1, 0.15) is 11.7 Å². The lowest BCUT2D eigenvalue weighted by atomic mass is 10.0. The fourth-order valence-electron chi connectivity index (χ4n) is 4.13. The van der Waals surface area contributed by atoms with E-state index in [-0.39, 0.29) is 18.1 Å². The molecule has 7 heteroatoms. The molecule has 2 aliphatic rings. The first kappa shape index (κ1) is 20.4. The number of fused-ring (bicyclic) bond motifs is 1. The minimum Gasteiger partial charge on any atom is -0.384 e. The third-order valence-corrected chi connectivity index (χ3v) is 5.98. The maximum absolute atomic E-state index is 8.77. The van der Waals surface area contributed by atoms with Crippen LogP contribution < -0.4 is 21.3 Å². The van der Waals surface area contributed by atoms with Crippen LogP contribution >= 0.6 is 11.6 Å². The van der Waals surface area contributed by atoms with E-state index in [2.05, 4.69) is 41.1 Å². The van der Waals surface area contributed by atoms with Crippen LogP contribution in [-0.2, 0) is 0 Å². The van der Waals surface area contributed by atoms with Crippen LogP contribution in [0.3, 0.4) is 0 Å². The molecule has 0 spiro atoms. The molecule has 1 aromatic carbocycles. The van der Waals surface area contributed by atoms with Gasteiger partial charge < -0.3 is 21.3 Å². The largest absolute Gasteiger partial charge is 0.384 e. The molecule has 2 aromatic rings. The van der Waals surface area contributed by atoms with Crippen LogP contribution in [0.1, 0.15) is 20.3 Å². The van der Waals surface area contributed by atoms with Crippen LogP contribution in [0.5, 0.6) is 0 Å². The van der Waals surface area contributed by atoms with E-state index in [9.17, 15) is 0 Å².